The van der Waals surface area contributed by atoms with Crippen molar-refractivity contribution in [1.29, 1.82) is 5.26 Å². The van der Waals surface area contributed by atoms with E-state index in [0.29, 0.717) is 16.8 Å². The molecule has 0 N–H and O–H groups in total. The molecule has 0 unspecified atom stereocenters. The van der Waals surface area contributed by atoms with E-state index in [4.69, 9.17) is 5.26 Å². The Morgan fingerprint density at radius 3 is 2.65 bits per heavy atom. The quantitative estimate of drug-likeness (QED) is 0.798. The molecule has 0 bridgehead atoms. The van der Waals surface area contributed by atoms with Gasteiger partial charge < -0.3 is 4.90 Å². The van der Waals surface area contributed by atoms with Crippen LogP contribution in [0.3, 0.4) is 0 Å². The Labute approximate surface area is 116 Å². The molecular weight excluding hydrogens is 255 g/mol. The first-order valence-corrected chi connectivity index (χ1v) is 6.07. The van der Waals surface area contributed by atoms with Gasteiger partial charge in [0.2, 0.25) is 0 Å². The molecule has 0 atom stereocenters. The van der Waals surface area contributed by atoms with Crippen molar-refractivity contribution in [3.05, 3.63) is 59.4 Å². The summed E-state index contributed by atoms with van der Waals surface area (Å²) in [5, 5.41) is 8.92. The first kappa shape index (κ1) is 13.8. The van der Waals surface area contributed by atoms with E-state index in [1.807, 2.05) is 6.07 Å². The van der Waals surface area contributed by atoms with Crippen LogP contribution in [0.4, 0.5) is 15.8 Å². The lowest BCUT2D eigenvalue weighted by atomic mass is 10.1. The van der Waals surface area contributed by atoms with Crippen LogP contribution in [-0.4, -0.2) is 12.8 Å². The van der Waals surface area contributed by atoms with E-state index < -0.39 is 5.82 Å². The molecule has 2 aromatic rings. The Bertz CT molecular complexity index is 704. The topological polar surface area (TPSA) is 44.1 Å². The zero-order valence-electron chi connectivity index (χ0n) is 11.2. The maximum Gasteiger partial charge on any atom is 0.162 e. The Morgan fingerprint density at radius 2 is 2.00 bits per heavy atom. The first-order chi connectivity index (χ1) is 9.52. The second-order valence-electron chi connectivity index (χ2n) is 4.44. The van der Waals surface area contributed by atoms with E-state index in [9.17, 15) is 9.18 Å². The molecule has 0 saturated carbocycles. The molecule has 0 heterocycles. The number of benzene rings is 2. The normalized spacial score (nSPS) is 9.90. The number of nitriles is 1. The molecule has 0 aliphatic carbocycles. The van der Waals surface area contributed by atoms with Gasteiger partial charge in [-0.1, -0.05) is 6.07 Å². The third-order valence-corrected chi connectivity index (χ3v) is 3.06. The standard InChI is InChI=1S/C16H13FN2O/c1-11(20)15-9-13(17)6-7-16(15)19(2)14-5-3-4-12(8-14)10-18/h3-9H,1-2H3. The average molecular weight is 268 g/mol. The number of ketones is 1. The SMILES string of the molecule is CC(=O)c1cc(F)ccc1N(C)c1cccc(C#N)c1. The van der Waals surface area contributed by atoms with Crippen LogP contribution in [0.15, 0.2) is 42.5 Å². The lowest BCUT2D eigenvalue weighted by molar-refractivity contribution is 0.101. The number of hydrogen-bond donors (Lipinski definition) is 0. The Morgan fingerprint density at radius 1 is 1.25 bits per heavy atom. The number of anilines is 2. The maximum absolute atomic E-state index is 13.3. The molecule has 3 nitrogen and oxygen atoms in total. The number of rotatable bonds is 3. The van der Waals surface area contributed by atoms with Crippen LogP contribution >= 0.6 is 0 Å². The molecule has 0 fully saturated rings. The molecule has 0 aliphatic heterocycles. The first-order valence-electron chi connectivity index (χ1n) is 6.07. The van der Waals surface area contributed by atoms with E-state index in [1.54, 1.807) is 36.2 Å². The van der Waals surface area contributed by atoms with Crippen LogP contribution < -0.4 is 4.90 Å². The van der Waals surface area contributed by atoms with Gasteiger partial charge in [0.05, 0.1) is 17.3 Å². The molecule has 100 valence electrons. The van der Waals surface area contributed by atoms with Gasteiger partial charge >= 0.3 is 0 Å². The third kappa shape index (κ3) is 2.67. The van der Waals surface area contributed by atoms with E-state index in [1.165, 1.54) is 19.1 Å². The van der Waals surface area contributed by atoms with Crippen LogP contribution in [0, 0.1) is 17.1 Å². The van der Waals surface area contributed by atoms with Crippen LogP contribution in [0.1, 0.15) is 22.8 Å². The summed E-state index contributed by atoms with van der Waals surface area (Å²) >= 11 is 0. The Hall–Kier alpha value is -2.67. The zero-order valence-corrected chi connectivity index (χ0v) is 11.2. The fourth-order valence-corrected chi connectivity index (χ4v) is 2.01. The van der Waals surface area contributed by atoms with E-state index in [0.717, 1.165) is 5.69 Å². The van der Waals surface area contributed by atoms with Crippen molar-refractivity contribution in [2.24, 2.45) is 0 Å². The van der Waals surface area contributed by atoms with Gasteiger partial charge in [0.15, 0.2) is 5.78 Å². The van der Waals surface area contributed by atoms with Gasteiger partial charge in [-0.3, -0.25) is 4.79 Å². The summed E-state index contributed by atoms with van der Waals surface area (Å²) in [6, 6.07) is 13.2. The van der Waals surface area contributed by atoms with Gasteiger partial charge in [0.1, 0.15) is 5.82 Å². The largest absolute Gasteiger partial charge is 0.344 e. The van der Waals surface area contributed by atoms with Crippen LogP contribution in [0.5, 0.6) is 0 Å². The highest BCUT2D eigenvalue weighted by molar-refractivity contribution is 6.00. The second-order valence-corrected chi connectivity index (χ2v) is 4.44. The molecule has 4 heteroatoms. The summed E-state index contributed by atoms with van der Waals surface area (Å²) in [5.41, 5.74) is 2.21. The minimum Gasteiger partial charge on any atom is -0.344 e. The van der Waals surface area contributed by atoms with Gasteiger partial charge in [0, 0.05) is 18.3 Å². The molecule has 0 saturated heterocycles. The van der Waals surface area contributed by atoms with E-state index in [-0.39, 0.29) is 5.78 Å². The number of carbonyl (C=O) groups excluding carboxylic acids is 1. The van der Waals surface area contributed by atoms with Crippen molar-refractivity contribution in [2.45, 2.75) is 6.92 Å². The molecule has 0 aromatic heterocycles. The fourth-order valence-electron chi connectivity index (χ4n) is 2.01. The number of nitrogens with zero attached hydrogens (tertiary/aromatic N) is 2. The van der Waals surface area contributed by atoms with Gasteiger partial charge in [-0.25, -0.2) is 4.39 Å². The molecule has 2 aromatic carbocycles. The average Bonchev–Trinajstić information content (AvgIpc) is 2.46. The summed E-state index contributed by atoms with van der Waals surface area (Å²) in [4.78, 5) is 13.4. The van der Waals surface area contributed by atoms with Crippen LogP contribution in [-0.2, 0) is 0 Å². The minimum atomic E-state index is -0.446. The summed E-state index contributed by atoms with van der Waals surface area (Å²) in [6.45, 7) is 1.40. The van der Waals surface area contributed by atoms with Crippen molar-refractivity contribution in [3.63, 3.8) is 0 Å². The van der Waals surface area contributed by atoms with Crippen molar-refractivity contribution in [1.82, 2.24) is 0 Å². The van der Waals surface area contributed by atoms with Gasteiger partial charge in [-0.05, 0) is 43.3 Å². The second kappa shape index (κ2) is 5.54. The number of hydrogen-bond acceptors (Lipinski definition) is 3. The van der Waals surface area contributed by atoms with Gasteiger partial charge in [0.25, 0.3) is 0 Å². The summed E-state index contributed by atoms with van der Waals surface area (Å²) in [5.74, 6) is -0.652. The highest BCUT2D eigenvalue weighted by Gasteiger charge is 2.13. The highest BCUT2D eigenvalue weighted by Crippen LogP contribution is 2.28. The van der Waals surface area contributed by atoms with Crippen LogP contribution in [0.2, 0.25) is 0 Å². The minimum absolute atomic E-state index is 0.206. The van der Waals surface area contributed by atoms with Crippen LogP contribution in [0.25, 0.3) is 0 Å². The molecule has 0 radical (unpaired) electrons. The number of carbonyl (C=O) groups is 1. The van der Waals surface area contributed by atoms with Crippen molar-refractivity contribution in [2.75, 3.05) is 11.9 Å². The molecule has 0 aliphatic rings. The Balaban J connectivity index is 2.50. The molecule has 0 amide bonds. The van der Waals surface area contributed by atoms with E-state index >= 15 is 0 Å². The number of halogens is 1. The summed E-state index contributed by atoms with van der Waals surface area (Å²) in [6.07, 6.45) is 0. The molecule has 2 rings (SSSR count). The Kier molecular flexibility index (Phi) is 3.81. The monoisotopic (exact) mass is 268 g/mol. The predicted octanol–water partition coefficient (Wildman–Crippen LogP) is 3.67. The van der Waals surface area contributed by atoms with E-state index in [2.05, 4.69) is 6.07 Å². The van der Waals surface area contributed by atoms with Gasteiger partial charge in [-0.2, -0.15) is 5.26 Å². The summed E-state index contributed by atoms with van der Waals surface area (Å²) in [7, 11) is 1.77. The smallest absolute Gasteiger partial charge is 0.162 e. The van der Waals surface area contributed by atoms with Crippen molar-refractivity contribution in [3.8, 4) is 6.07 Å². The molecule has 20 heavy (non-hydrogen) atoms. The van der Waals surface area contributed by atoms with Crippen molar-refractivity contribution >= 4 is 17.2 Å². The van der Waals surface area contributed by atoms with Crippen molar-refractivity contribution < 1.29 is 9.18 Å². The third-order valence-electron chi connectivity index (χ3n) is 3.06. The fraction of sp³-hybridized carbons (Fsp3) is 0.125. The number of Topliss-reactive ketones (excluding diaryl/α,β-unsaturated/α-hetero) is 1. The lowest BCUT2D eigenvalue weighted by Crippen LogP contribution is -2.13. The molecule has 0 spiro atoms. The maximum atomic E-state index is 13.3. The van der Waals surface area contributed by atoms with Gasteiger partial charge in [-0.15, -0.1) is 0 Å². The predicted molar refractivity (Wildman–Crippen MR) is 75.6 cm³/mol. The molecular formula is C16H13FN2O. The highest BCUT2D eigenvalue weighted by atomic mass is 19.1. The lowest BCUT2D eigenvalue weighted by Gasteiger charge is -2.22. The summed E-state index contributed by atoms with van der Waals surface area (Å²) < 4.78 is 13.3. The zero-order chi connectivity index (χ0) is 14.7.